The van der Waals surface area contributed by atoms with Gasteiger partial charge in [-0.3, -0.25) is 0 Å². The minimum atomic E-state index is -2.47. The van der Waals surface area contributed by atoms with Gasteiger partial charge in [0.05, 0.1) is 0 Å². The van der Waals surface area contributed by atoms with Crippen molar-refractivity contribution >= 4 is 60.9 Å². The van der Waals surface area contributed by atoms with Crippen molar-refractivity contribution in [3.8, 4) is 0 Å². The Morgan fingerprint density at radius 3 is 1.47 bits per heavy atom. The fourth-order valence-electron chi connectivity index (χ4n) is 5.50. The molecule has 1 unspecified atom stereocenters. The summed E-state index contributed by atoms with van der Waals surface area (Å²) < 4.78 is 2.16. The third-order valence-corrected chi connectivity index (χ3v) is 16.7. The van der Waals surface area contributed by atoms with E-state index in [1.807, 2.05) is 0 Å². The van der Waals surface area contributed by atoms with Gasteiger partial charge in [0.25, 0.3) is 0 Å². The number of rotatable bonds is 7. The molecule has 4 aromatic rings. The summed E-state index contributed by atoms with van der Waals surface area (Å²) >= 11 is -0.441. The number of hydrogen-bond acceptors (Lipinski definition) is 0. The topological polar surface area (TPSA) is 0 Å². The van der Waals surface area contributed by atoms with E-state index >= 15 is 0 Å². The van der Waals surface area contributed by atoms with Gasteiger partial charge in [-0.2, -0.15) is 0 Å². The van der Waals surface area contributed by atoms with Gasteiger partial charge in [0, 0.05) is 0 Å². The molecule has 0 saturated carbocycles. The van der Waals surface area contributed by atoms with Crippen LogP contribution in [0.3, 0.4) is 0 Å². The van der Waals surface area contributed by atoms with Crippen LogP contribution in [0.25, 0.3) is 0 Å². The van der Waals surface area contributed by atoms with E-state index in [0.717, 1.165) is 6.42 Å². The zero-order chi connectivity index (χ0) is 24.3. The van der Waals surface area contributed by atoms with Crippen LogP contribution in [0, 0.1) is 20.8 Å². The number of aryl methyl sites for hydroxylation is 3. The molecule has 0 heterocycles. The van der Waals surface area contributed by atoms with Gasteiger partial charge >= 0.3 is 221 Å². The van der Waals surface area contributed by atoms with Crippen LogP contribution >= 0.6 is 37.2 Å². The molecule has 0 amide bonds. The summed E-state index contributed by atoms with van der Waals surface area (Å²) in [4.78, 5) is 0. The summed E-state index contributed by atoms with van der Waals surface area (Å²) in [5, 5.41) is 4.58. The monoisotopic (exact) mass is 612 g/mol. The summed E-state index contributed by atoms with van der Waals surface area (Å²) in [6, 6.07) is 39.7. The third-order valence-electron chi connectivity index (χ3n) is 7.09. The number of halogens is 3. The molecule has 1 aliphatic rings. The second-order valence-electron chi connectivity index (χ2n) is 9.73. The zero-order valence-corrected chi connectivity index (χ0v) is 27.1. The first-order valence-corrected chi connectivity index (χ1v) is 16.2. The summed E-state index contributed by atoms with van der Waals surface area (Å²) in [5.74, 6) is 0. The predicted octanol–water partition coefficient (Wildman–Crippen LogP) is 7.55. The Morgan fingerprint density at radius 2 is 1.08 bits per heavy atom. The van der Waals surface area contributed by atoms with Crippen LogP contribution in [-0.2, 0) is 19.2 Å². The Bertz CT molecular complexity index is 1290. The molecule has 0 N–H and O–H groups in total. The van der Waals surface area contributed by atoms with E-state index in [9.17, 15) is 0 Å². The number of hydrogen-bond donors (Lipinski definition) is 0. The van der Waals surface area contributed by atoms with Gasteiger partial charge in [-0.15, -0.1) is 37.2 Å². The van der Waals surface area contributed by atoms with Crippen molar-refractivity contribution in [1.82, 2.24) is 0 Å². The Morgan fingerprint density at radius 1 is 0.605 bits per heavy atom. The maximum absolute atomic E-state index is 2.49. The molecule has 1 atom stereocenters. The smallest absolute Gasteiger partial charge is 0.147 e. The van der Waals surface area contributed by atoms with Crippen molar-refractivity contribution in [3.63, 3.8) is 0 Å². The van der Waals surface area contributed by atoms with E-state index in [-0.39, 0.29) is 37.2 Å². The molecule has 0 spiro atoms. The van der Waals surface area contributed by atoms with Gasteiger partial charge in [0.15, 0.2) is 0 Å². The fourth-order valence-corrected chi connectivity index (χ4v) is 16.8. The van der Waals surface area contributed by atoms with Gasteiger partial charge in [0.2, 0.25) is 0 Å². The molecule has 0 nitrogen and oxygen atoms in total. The third kappa shape index (κ3) is 6.65. The van der Waals surface area contributed by atoms with E-state index in [1.165, 1.54) is 37.8 Å². The zero-order valence-electron chi connectivity index (χ0n) is 22.1. The van der Waals surface area contributed by atoms with Crippen molar-refractivity contribution in [2.75, 3.05) is 0 Å². The van der Waals surface area contributed by atoms with Gasteiger partial charge < -0.3 is 0 Å². The van der Waals surface area contributed by atoms with Crippen LogP contribution in [0.1, 0.15) is 32.5 Å². The average Bonchev–Trinajstić information content (AvgIpc) is 3.38. The summed E-state index contributed by atoms with van der Waals surface area (Å²) in [6.45, 7) is 6.73. The Balaban J connectivity index is 0.00000169. The molecule has 38 heavy (non-hydrogen) atoms. The van der Waals surface area contributed by atoms with Gasteiger partial charge in [-0.25, -0.2) is 0 Å². The molecule has 1 aliphatic carbocycles. The van der Waals surface area contributed by atoms with Crippen LogP contribution in [0.4, 0.5) is 0 Å². The van der Waals surface area contributed by atoms with E-state index in [2.05, 4.69) is 142 Å². The van der Waals surface area contributed by atoms with E-state index < -0.39 is 27.2 Å². The normalized spacial score (nSPS) is 12.9. The van der Waals surface area contributed by atoms with Crippen molar-refractivity contribution in [2.45, 2.75) is 31.0 Å². The van der Waals surface area contributed by atoms with Crippen LogP contribution < -0.4 is 15.6 Å². The molecule has 0 bridgehead atoms. The van der Waals surface area contributed by atoms with Crippen LogP contribution in [0.15, 0.2) is 125 Å². The molecule has 0 fully saturated rings. The molecule has 5 heteroatoms. The molecule has 0 radical (unpaired) electrons. The van der Waals surface area contributed by atoms with Gasteiger partial charge in [-0.1, -0.05) is 0 Å². The van der Waals surface area contributed by atoms with E-state index in [1.54, 1.807) is 3.88 Å². The molecular formula is C33H35Cl3SiTi. The quantitative estimate of drug-likeness (QED) is 0.149. The maximum Gasteiger partial charge on any atom is -0.147 e. The van der Waals surface area contributed by atoms with Gasteiger partial charge in [-0.05, 0) is 0 Å². The van der Waals surface area contributed by atoms with E-state index in [0.29, 0.717) is 3.85 Å². The van der Waals surface area contributed by atoms with E-state index in [4.69, 9.17) is 0 Å². The average molecular weight is 614 g/mol. The maximum atomic E-state index is 2.49. The SMILES string of the molecule is Cc1cccc([Si](c2cccc(C)c2)(c2cccc(C)c2)[CH]([Ti][C]2=CC=CC2)c2ccccc2)c1.Cl.Cl.Cl. The van der Waals surface area contributed by atoms with Crippen molar-refractivity contribution in [3.05, 3.63) is 147 Å². The fraction of sp³-hybridized carbons (Fsp3) is 0.152. The predicted molar refractivity (Wildman–Crippen MR) is 171 cm³/mol. The second kappa shape index (κ2) is 14.5. The molecule has 196 valence electrons. The summed E-state index contributed by atoms with van der Waals surface area (Å²) in [5.41, 5.74) is 5.52. The molecular weight excluding hydrogens is 579 g/mol. The van der Waals surface area contributed by atoms with Crippen molar-refractivity contribution in [1.29, 1.82) is 0 Å². The first kappa shape index (κ1) is 32.4. The second-order valence-corrected chi connectivity index (χ2v) is 16.9. The molecule has 0 aliphatic heterocycles. The van der Waals surface area contributed by atoms with Crippen LogP contribution in [0.5, 0.6) is 0 Å². The Labute approximate surface area is 256 Å². The van der Waals surface area contributed by atoms with Crippen molar-refractivity contribution in [2.24, 2.45) is 0 Å². The number of allylic oxidation sites excluding steroid dienone is 4. The molecule has 0 aromatic heterocycles. The molecule has 0 saturated heterocycles. The Kier molecular flexibility index (Phi) is 12.4. The largest absolute Gasteiger partial charge is 0.147 e. The first-order valence-electron chi connectivity index (χ1n) is 12.5. The van der Waals surface area contributed by atoms with Crippen LogP contribution in [0.2, 0.25) is 0 Å². The van der Waals surface area contributed by atoms with Crippen LogP contribution in [-0.4, -0.2) is 8.07 Å². The van der Waals surface area contributed by atoms with Gasteiger partial charge in [0.1, 0.15) is 0 Å². The molecule has 5 rings (SSSR count). The molecule has 4 aromatic carbocycles. The first-order chi connectivity index (χ1) is 17.1. The Hall–Kier alpha value is -1.84. The number of benzene rings is 4. The standard InChI is InChI=1S/C28H27Si.C5H5.3ClH.Ti/c1-22-10-7-15-26(18-22)29(21-25-13-5-4-6-14-25,27-16-8-11-23(2)19-27)28-17-9-12-24(3)20-28;1-2-4-5-3-1;;;;/h4-21H,1-3H3;1-3H,4H2;3*1H;. The summed E-state index contributed by atoms with van der Waals surface area (Å²) in [7, 11) is -2.47. The minimum absolute atomic E-state index is 0. The minimum Gasteiger partial charge on any atom is -0.147 e. The van der Waals surface area contributed by atoms with Crippen molar-refractivity contribution < 1.29 is 19.2 Å². The summed E-state index contributed by atoms with van der Waals surface area (Å²) in [6.07, 6.45) is 8.10.